The van der Waals surface area contributed by atoms with Gasteiger partial charge in [0.1, 0.15) is 35.4 Å². The number of benzene rings is 1. The van der Waals surface area contributed by atoms with Crippen molar-refractivity contribution in [3.05, 3.63) is 59.9 Å². The van der Waals surface area contributed by atoms with Crippen molar-refractivity contribution in [3.8, 4) is 0 Å². The third-order valence-corrected chi connectivity index (χ3v) is 7.41. The minimum atomic E-state index is -0.507. The summed E-state index contributed by atoms with van der Waals surface area (Å²) in [5.41, 5.74) is 4.40. The Morgan fingerprint density at radius 2 is 1.80 bits per heavy atom. The Kier molecular flexibility index (Phi) is 7.16. The molecule has 4 aromatic rings. The highest BCUT2D eigenvalue weighted by molar-refractivity contribution is 5.88. The van der Waals surface area contributed by atoms with Gasteiger partial charge >= 0.3 is 6.09 Å². The molecule has 1 amide bonds. The van der Waals surface area contributed by atoms with E-state index in [1.165, 1.54) is 11.1 Å². The Hall–Kier alpha value is -4.32. The Bertz CT molecular complexity index is 1550. The molecule has 0 radical (unpaired) electrons. The van der Waals surface area contributed by atoms with E-state index in [0.717, 1.165) is 49.0 Å². The van der Waals surface area contributed by atoms with Crippen LogP contribution in [0.2, 0.25) is 0 Å². The zero-order valence-corrected chi connectivity index (χ0v) is 24.0. The van der Waals surface area contributed by atoms with Gasteiger partial charge in [0, 0.05) is 45.0 Å². The number of aromatic nitrogens is 6. The van der Waals surface area contributed by atoms with E-state index in [4.69, 9.17) is 9.72 Å². The number of rotatable bonds is 5. The number of fused-ring (bicyclic) bond motifs is 2. The van der Waals surface area contributed by atoms with Gasteiger partial charge < -0.3 is 19.9 Å². The third-order valence-electron chi connectivity index (χ3n) is 7.41. The Balaban J connectivity index is 1.14. The van der Waals surface area contributed by atoms with Crippen LogP contribution in [0, 0.1) is 6.92 Å². The van der Waals surface area contributed by atoms with Crippen LogP contribution < -0.4 is 10.2 Å². The number of nitrogens with one attached hydrogen (secondary N) is 1. The topological polar surface area (TPSA) is 117 Å². The largest absolute Gasteiger partial charge is 0.444 e. The number of amides is 1. The highest BCUT2D eigenvalue weighted by Gasteiger charge is 2.26. The Morgan fingerprint density at radius 3 is 2.59 bits per heavy atom. The van der Waals surface area contributed by atoms with Crippen LogP contribution in [-0.4, -0.2) is 83.9 Å². The van der Waals surface area contributed by atoms with Gasteiger partial charge in [-0.1, -0.05) is 6.07 Å². The summed E-state index contributed by atoms with van der Waals surface area (Å²) in [6.07, 6.45) is 2.92. The van der Waals surface area contributed by atoms with Crippen LogP contribution in [0.25, 0.3) is 11.0 Å². The van der Waals surface area contributed by atoms with Gasteiger partial charge in [-0.2, -0.15) is 5.10 Å². The number of anilines is 3. The Labute approximate surface area is 239 Å². The van der Waals surface area contributed by atoms with Crippen molar-refractivity contribution in [2.75, 3.05) is 42.9 Å². The molecule has 1 aromatic carbocycles. The fraction of sp³-hybridized carbons (Fsp3) is 0.448. The van der Waals surface area contributed by atoms with E-state index in [9.17, 15) is 4.79 Å². The molecule has 214 valence electrons. The van der Waals surface area contributed by atoms with Crippen molar-refractivity contribution in [2.24, 2.45) is 0 Å². The van der Waals surface area contributed by atoms with Crippen molar-refractivity contribution in [2.45, 2.75) is 52.9 Å². The third kappa shape index (κ3) is 6.07. The zero-order valence-electron chi connectivity index (χ0n) is 24.0. The predicted octanol–water partition coefficient (Wildman–Crippen LogP) is 3.74. The van der Waals surface area contributed by atoms with Gasteiger partial charge in [0.15, 0.2) is 5.82 Å². The lowest BCUT2D eigenvalue weighted by atomic mass is 10.1. The predicted molar refractivity (Wildman–Crippen MR) is 156 cm³/mol. The van der Waals surface area contributed by atoms with Crippen LogP contribution in [0.5, 0.6) is 0 Å². The average molecular weight is 557 g/mol. The monoisotopic (exact) mass is 556 g/mol. The van der Waals surface area contributed by atoms with Gasteiger partial charge in [0.2, 0.25) is 0 Å². The molecule has 3 aromatic heterocycles. The normalized spacial score (nSPS) is 16.1. The van der Waals surface area contributed by atoms with Crippen molar-refractivity contribution >= 4 is 34.4 Å². The summed E-state index contributed by atoms with van der Waals surface area (Å²) in [5.74, 6) is 2.51. The van der Waals surface area contributed by atoms with Gasteiger partial charge in [-0.15, -0.1) is 0 Å². The number of piperazine rings is 1. The van der Waals surface area contributed by atoms with Gasteiger partial charge in [-0.25, -0.2) is 29.4 Å². The number of hydrogen-bond donors (Lipinski definition) is 1. The molecule has 1 fully saturated rings. The fourth-order valence-corrected chi connectivity index (χ4v) is 5.22. The van der Waals surface area contributed by atoms with Crippen molar-refractivity contribution in [1.29, 1.82) is 0 Å². The molecule has 0 unspecified atom stereocenters. The maximum absolute atomic E-state index is 12.5. The summed E-state index contributed by atoms with van der Waals surface area (Å²) in [4.78, 5) is 37.1. The molecule has 12 heteroatoms. The summed E-state index contributed by atoms with van der Waals surface area (Å²) in [6.45, 7) is 13.8. The quantitative estimate of drug-likeness (QED) is 0.390. The number of nitrogens with zero attached hydrogens (tertiary/aromatic N) is 9. The van der Waals surface area contributed by atoms with E-state index in [2.05, 4.69) is 60.3 Å². The van der Waals surface area contributed by atoms with Crippen LogP contribution in [-0.2, 0) is 24.4 Å². The van der Waals surface area contributed by atoms with E-state index >= 15 is 0 Å². The fourth-order valence-electron chi connectivity index (χ4n) is 5.22. The maximum Gasteiger partial charge on any atom is 0.410 e. The summed E-state index contributed by atoms with van der Waals surface area (Å²) in [6, 6.07) is 10.4. The minimum absolute atomic E-state index is 0.273. The number of pyridine rings is 1. The Morgan fingerprint density at radius 1 is 0.976 bits per heavy atom. The van der Waals surface area contributed by atoms with Gasteiger partial charge in [0.05, 0.1) is 18.6 Å². The molecular formula is C29H36N10O2. The lowest BCUT2D eigenvalue weighted by Gasteiger charge is -2.36. The van der Waals surface area contributed by atoms with E-state index in [1.54, 1.807) is 17.6 Å². The van der Waals surface area contributed by atoms with Crippen LogP contribution in [0.4, 0.5) is 22.1 Å². The molecule has 5 heterocycles. The second kappa shape index (κ2) is 10.9. The highest BCUT2D eigenvalue weighted by atomic mass is 16.6. The van der Waals surface area contributed by atoms with E-state index in [0.29, 0.717) is 37.5 Å². The lowest BCUT2D eigenvalue weighted by molar-refractivity contribution is 0.0240. The van der Waals surface area contributed by atoms with Crippen LogP contribution in [0.1, 0.15) is 37.7 Å². The number of carbonyl (C=O) groups is 1. The molecule has 0 spiro atoms. The van der Waals surface area contributed by atoms with Crippen LogP contribution in [0.3, 0.4) is 0 Å². The van der Waals surface area contributed by atoms with Crippen molar-refractivity contribution in [1.82, 2.24) is 39.5 Å². The summed E-state index contributed by atoms with van der Waals surface area (Å²) < 4.78 is 7.51. The lowest BCUT2D eigenvalue weighted by Crippen LogP contribution is -2.50. The first-order valence-corrected chi connectivity index (χ1v) is 14.0. The second-order valence-corrected chi connectivity index (χ2v) is 11.6. The van der Waals surface area contributed by atoms with E-state index in [-0.39, 0.29) is 6.09 Å². The smallest absolute Gasteiger partial charge is 0.410 e. The first kappa shape index (κ1) is 26.9. The van der Waals surface area contributed by atoms with Crippen LogP contribution in [0.15, 0.2) is 43.0 Å². The van der Waals surface area contributed by atoms with Crippen molar-refractivity contribution in [3.63, 3.8) is 0 Å². The minimum Gasteiger partial charge on any atom is -0.444 e. The second-order valence-electron chi connectivity index (χ2n) is 11.6. The molecule has 1 saturated heterocycles. The van der Waals surface area contributed by atoms with Crippen molar-refractivity contribution < 1.29 is 9.53 Å². The molecule has 2 aliphatic heterocycles. The maximum atomic E-state index is 12.5. The molecule has 2 aliphatic rings. The summed E-state index contributed by atoms with van der Waals surface area (Å²) in [7, 11) is 0. The van der Waals surface area contributed by atoms with E-state index < -0.39 is 5.60 Å². The number of carbonyl (C=O) groups excluding carboxylic acids is 1. The SMILES string of the molecule is Cc1cc(Nc2ncnc3ccc(N4CCN(C(=O)OC(C)(C)C)CC4)nc23)ccc1CN1CCn2ncnc2C1. The first-order chi connectivity index (χ1) is 19.7. The molecule has 6 rings (SSSR count). The molecular weight excluding hydrogens is 520 g/mol. The summed E-state index contributed by atoms with van der Waals surface area (Å²) >= 11 is 0. The standard InChI is InChI=1S/C29H36N10O2/c1-20-15-22(6-5-21(20)16-36-9-14-39-25(17-36)31-19-33-39)34-27-26-23(30-18-32-27)7-8-24(35-26)37-10-12-38(13-11-37)28(40)41-29(2,3)4/h5-8,15,18-19H,9-14,16-17H2,1-4H3,(H,30,32,34). The summed E-state index contributed by atoms with van der Waals surface area (Å²) in [5, 5.41) is 7.74. The zero-order chi connectivity index (χ0) is 28.6. The molecule has 0 atom stereocenters. The highest BCUT2D eigenvalue weighted by Crippen LogP contribution is 2.27. The number of aryl methyl sites for hydroxylation is 1. The number of ether oxygens (including phenoxy) is 1. The average Bonchev–Trinajstić information content (AvgIpc) is 3.42. The molecule has 0 saturated carbocycles. The molecule has 0 bridgehead atoms. The molecule has 12 nitrogen and oxygen atoms in total. The van der Waals surface area contributed by atoms with Gasteiger partial charge in [-0.05, 0) is 63.1 Å². The molecule has 1 N–H and O–H groups in total. The van der Waals surface area contributed by atoms with Crippen LogP contribution >= 0.6 is 0 Å². The van der Waals surface area contributed by atoms with E-state index in [1.807, 2.05) is 37.6 Å². The van der Waals surface area contributed by atoms with Gasteiger partial charge in [0.25, 0.3) is 0 Å². The van der Waals surface area contributed by atoms with Gasteiger partial charge in [-0.3, -0.25) is 4.90 Å². The first-order valence-electron chi connectivity index (χ1n) is 14.0. The number of hydrogen-bond acceptors (Lipinski definition) is 10. The molecule has 0 aliphatic carbocycles. The molecule has 41 heavy (non-hydrogen) atoms.